The average Bonchev–Trinajstić information content (AvgIpc) is 2.68. The number of carbonyl (C=O) groups excluding carboxylic acids is 1. The molecular weight excluding hydrogens is 228 g/mol. The highest BCUT2D eigenvalue weighted by Crippen LogP contribution is 2.21. The molecule has 1 heterocycles. The molecule has 0 spiro atoms. The summed E-state index contributed by atoms with van der Waals surface area (Å²) >= 11 is 5.91. The third-order valence-corrected chi connectivity index (χ3v) is 2.41. The fourth-order valence-electron chi connectivity index (χ4n) is 1.25. The second-order valence-electron chi connectivity index (χ2n) is 3.28. The standard InChI is InChI=1S/C11H9ClN2O2/c1-7-6-16-14-10(7)11(15)13-9-5-3-2-4-8(9)12/h2-6H,1H3,(H,13,15). The van der Waals surface area contributed by atoms with E-state index in [2.05, 4.69) is 10.5 Å². The molecule has 2 rings (SSSR count). The lowest BCUT2D eigenvalue weighted by Gasteiger charge is -2.04. The van der Waals surface area contributed by atoms with Gasteiger partial charge in [0.1, 0.15) is 6.26 Å². The van der Waals surface area contributed by atoms with Gasteiger partial charge in [0.05, 0.1) is 10.7 Å². The van der Waals surface area contributed by atoms with Gasteiger partial charge >= 0.3 is 0 Å². The van der Waals surface area contributed by atoms with Crippen molar-refractivity contribution in [1.82, 2.24) is 5.16 Å². The molecule has 1 aromatic heterocycles. The van der Waals surface area contributed by atoms with Crippen molar-refractivity contribution in [3.8, 4) is 0 Å². The summed E-state index contributed by atoms with van der Waals surface area (Å²) in [5, 5.41) is 6.75. The summed E-state index contributed by atoms with van der Waals surface area (Å²) in [5.74, 6) is -0.334. The molecule has 82 valence electrons. The number of nitrogens with zero attached hydrogens (tertiary/aromatic N) is 1. The van der Waals surface area contributed by atoms with Crippen LogP contribution in [0.25, 0.3) is 0 Å². The lowest BCUT2D eigenvalue weighted by molar-refractivity contribution is 0.101. The first kappa shape index (κ1) is 10.7. The summed E-state index contributed by atoms with van der Waals surface area (Å²) in [6, 6.07) is 7.00. The van der Waals surface area contributed by atoms with E-state index in [0.717, 1.165) is 0 Å². The van der Waals surface area contributed by atoms with E-state index in [-0.39, 0.29) is 11.6 Å². The minimum absolute atomic E-state index is 0.264. The molecule has 2 aromatic rings. The fraction of sp³-hybridized carbons (Fsp3) is 0.0909. The lowest BCUT2D eigenvalue weighted by Crippen LogP contribution is -2.13. The maximum absolute atomic E-state index is 11.8. The van der Waals surface area contributed by atoms with Crippen LogP contribution in [-0.4, -0.2) is 11.1 Å². The van der Waals surface area contributed by atoms with Crippen LogP contribution in [0.5, 0.6) is 0 Å². The summed E-state index contributed by atoms with van der Waals surface area (Å²) in [6.45, 7) is 1.75. The Kier molecular flexibility index (Phi) is 2.92. The minimum atomic E-state index is -0.334. The number of para-hydroxylation sites is 1. The zero-order chi connectivity index (χ0) is 11.5. The molecule has 16 heavy (non-hydrogen) atoms. The van der Waals surface area contributed by atoms with E-state index >= 15 is 0 Å². The normalized spacial score (nSPS) is 10.1. The largest absolute Gasteiger partial charge is 0.364 e. The number of carbonyl (C=O) groups is 1. The SMILES string of the molecule is Cc1conc1C(=O)Nc1ccccc1Cl. The second-order valence-corrected chi connectivity index (χ2v) is 3.69. The maximum atomic E-state index is 11.8. The van der Waals surface area contributed by atoms with Crippen LogP contribution in [0.1, 0.15) is 16.1 Å². The molecule has 0 fully saturated rings. The first-order chi connectivity index (χ1) is 7.68. The molecule has 0 aliphatic heterocycles. The van der Waals surface area contributed by atoms with Crippen LogP contribution >= 0.6 is 11.6 Å². The van der Waals surface area contributed by atoms with E-state index in [9.17, 15) is 4.79 Å². The number of halogens is 1. The third-order valence-electron chi connectivity index (χ3n) is 2.08. The summed E-state index contributed by atoms with van der Waals surface area (Å²) in [4.78, 5) is 11.8. The first-order valence-electron chi connectivity index (χ1n) is 4.65. The zero-order valence-electron chi connectivity index (χ0n) is 8.53. The first-order valence-corrected chi connectivity index (χ1v) is 5.03. The Morgan fingerprint density at radius 1 is 1.44 bits per heavy atom. The van der Waals surface area contributed by atoms with Crippen molar-refractivity contribution in [3.63, 3.8) is 0 Å². The number of hydrogen-bond donors (Lipinski definition) is 1. The second kappa shape index (κ2) is 4.37. The Labute approximate surface area is 97.2 Å². The van der Waals surface area contributed by atoms with E-state index in [1.165, 1.54) is 6.26 Å². The van der Waals surface area contributed by atoms with Crippen molar-refractivity contribution in [2.75, 3.05) is 5.32 Å². The van der Waals surface area contributed by atoms with E-state index in [1.54, 1.807) is 31.2 Å². The Balaban J connectivity index is 2.21. The number of rotatable bonds is 2. The summed E-state index contributed by atoms with van der Waals surface area (Å²) in [7, 11) is 0. The van der Waals surface area contributed by atoms with Crippen LogP contribution in [0.2, 0.25) is 5.02 Å². The van der Waals surface area contributed by atoms with Gasteiger partial charge in [-0.15, -0.1) is 0 Å². The number of hydrogen-bond acceptors (Lipinski definition) is 3. The van der Waals surface area contributed by atoms with Gasteiger partial charge in [0, 0.05) is 5.56 Å². The van der Waals surface area contributed by atoms with Gasteiger partial charge in [-0.2, -0.15) is 0 Å². The predicted octanol–water partition coefficient (Wildman–Crippen LogP) is 2.89. The van der Waals surface area contributed by atoms with Gasteiger partial charge in [0.2, 0.25) is 0 Å². The highest BCUT2D eigenvalue weighted by molar-refractivity contribution is 6.33. The molecule has 4 nitrogen and oxygen atoms in total. The van der Waals surface area contributed by atoms with Crippen molar-refractivity contribution in [1.29, 1.82) is 0 Å². The summed E-state index contributed by atoms with van der Waals surface area (Å²) in [5.41, 5.74) is 1.50. The molecular formula is C11H9ClN2O2. The molecule has 0 aliphatic carbocycles. The molecule has 0 aliphatic rings. The van der Waals surface area contributed by atoms with E-state index in [0.29, 0.717) is 16.3 Å². The highest BCUT2D eigenvalue weighted by Gasteiger charge is 2.14. The molecule has 0 saturated carbocycles. The van der Waals surface area contributed by atoms with Crippen LogP contribution in [0, 0.1) is 6.92 Å². The van der Waals surface area contributed by atoms with Gasteiger partial charge in [-0.05, 0) is 19.1 Å². The Morgan fingerprint density at radius 3 is 2.81 bits per heavy atom. The summed E-state index contributed by atoms with van der Waals surface area (Å²) in [6.07, 6.45) is 1.42. The molecule has 1 N–H and O–H groups in total. The van der Waals surface area contributed by atoms with E-state index < -0.39 is 0 Å². The molecule has 0 bridgehead atoms. The molecule has 1 aromatic carbocycles. The zero-order valence-corrected chi connectivity index (χ0v) is 9.28. The number of amides is 1. The number of anilines is 1. The summed E-state index contributed by atoms with van der Waals surface area (Å²) < 4.78 is 4.69. The van der Waals surface area contributed by atoms with Crippen molar-refractivity contribution in [2.24, 2.45) is 0 Å². The van der Waals surface area contributed by atoms with Gasteiger partial charge in [-0.25, -0.2) is 0 Å². The fourth-order valence-corrected chi connectivity index (χ4v) is 1.43. The number of benzene rings is 1. The van der Waals surface area contributed by atoms with Gasteiger partial charge < -0.3 is 9.84 Å². The quantitative estimate of drug-likeness (QED) is 0.872. The van der Waals surface area contributed by atoms with E-state index in [1.807, 2.05) is 0 Å². The van der Waals surface area contributed by atoms with Gasteiger partial charge in [0.15, 0.2) is 5.69 Å². The molecule has 5 heteroatoms. The number of nitrogens with one attached hydrogen (secondary N) is 1. The Hall–Kier alpha value is -1.81. The molecule has 0 radical (unpaired) electrons. The van der Waals surface area contributed by atoms with Gasteiger partial charge in [-0.1, -0.05) is 28.9 Å². The van der Waals surface area contributed by atoms with Gasteiger partial charge in [-0.3, -0.25) is 4.79 Å². The van der Waals surface area contributed by atoms with Crippen LogP contribution in [0.4, 0.5) is 5.69 Å². The third kappa shape index (κ3) is 2.06. The predicted molar refractivity (Wildman–Crippen MR) is 60.6 cm³/mol. The van der Waals surface area contributed by atoms with Crippen molar-refractivity contribution in [2.45, 2.75) is 6.92 Å². The maximum Gasteiger partial charge on any atom is 0.278 e. The van der Waals surface area contributed by atoms with Crippen molar-refractivity contribution in [3.05, 3.63) is 46.8 Å². The van der Waals surface area contributed by atoms with Crippen LogP contribution in [-0.2, 0) is 0 Å². The minimum Gasteiger partial charge on any atom is -0.364 e. The molecule has 0 unspecified atom stereocenters. The average molecular weight is 237 g/mol. The van der Waals surface area contributed by atoms with Crippen molar-refractivity contribution >= 4 is 23.2 Å². The smallest absolute Gasteiger partial charge is 0.278 e. The van der Waals surface area contributed by atoms with Crippen molar-refractivity contribution < 1.29 is 9.32 Å². The number of aryl methyl sites for hydroxylation is 1. The van der Waals surface area contributed by atoms with Crippen LogP contribution in [0.15, 0.2) is 35.1 Å². The van der Waals surface area contributed by atoms with Crippen LogP contribution < -0.4 is 5.32 Å². The molecule has 1 amide bonds. The lowest BCUT2D eigenvalue weighted by atomic mass is 10.2. The molecule has 0 saturated heterocycles. The molecule has 0 atom stereocenters. The highest BCUT2D eigenvalue weighted by atomic mass is 35.5. The van der Waals surface area contributed by atoms with E-state index in [4.69, 9.17) is 16.1 Å². The topological polar surface area (TPSA) is 55.1 Å². The Morgan fingerprint density at radius 2 is 2.19 bits per heavy atom. The van der Waals surface area contributed by atoms with Gasteiger partial charge in [0.25, 0.3) is 5.91 Å². The number of aromatic nitrogens is 1. The monoisotopic (exact) mass is 236 g/mol. The van der Waals surface area contributed by atoms with Crippen LogP contribution in [0.3, 0.4) is 0 Å². The Bertz CT molecular complexity index is 522.